The quantitative estimate of drug-likeness (QED) is 0.517. The Morgan fingerprint density at radius 2 is 2.03 bits per heavy atom. The van der Waals surface area contributed by atoms with E-state index < -0.39 is 0 Å². The summed E-state index contributed by atoms with van der Waals surface area (Å²) in [6.07, 6.45) is 1.91. The molecule has 0 radical (unpaired) electrons. The number of hydrogen-bond acceptors (Lipinski definition) is 7. The minimum Gasteiger partial charge on any atom is -0.494 e. The predicted molar refractivity (Wildman–Crippen MR) is 127 cm³/mol. The molecule has 1 N–H and O–H groups in total. The number of aromatic nitrogens is 3. The number of amides is 1. The van der Waals surface area contributed by atoms with E-state index in [-0.39, 0.29) is 5.91 Å². The van der Waals surface area contributed by atoms with Crippen molar-refractivity contribution < 1.29 is 9.53 Å². The minimum atomic E-state index is -0.169. The van der Waals surface area contributed by atoms with Gasteiger partial charge in [0, 0.05) is 61.7 Å². The molecule has 0 unspecified atom stereocenters. The summed E-state index contributed by atoms with van der Waals surface area (Å²) in [6, 6.07) is 10.3. The molecular formula is C23H24N6O2S. The molecule has 5 heterocycles. The maximum absolute atomic E-state index is 13.0. The standard InChI is InChI=1S/C23H24N6O2S/c1-27-9-15-11-29(18(15)12-27)21-5-4-13-7-20(32-23(13)25-21)22(30)24-17-6-14-10-28(2)26-16(14)8-19(17)31-3/h4-8,10,15,18H,9,11-12H2,1-3H3,(H,24,30)/t15-,18-/m0/s1. The van der Waals surface area contributed by atoms with Crippen molar-refractivity contribution >= 4 is 49.9 Å². The van der Waals surface area contributed by atoms with Crippen LogP contribution in [0.3, 0.4) is 0 Å². The highest BCUT2D eigenvalue weighted by atomic mass is 32.1. The predicted octanol–water partition coefficient (Wildman–Crippen LogP) is 3.19. The van der Waals surface area contributed by atoms with E-state index in [9.17, 15) is 4.79 Å². The van der Waals surface area contributed by atoms with Gasteiger partial charge in [-0.3, -0.25) is 9.48 Å². The number of carbonyl (C=O) groups is 1. The van der Waals surface area contributed by atoms with Gasteiger partial charge in [0.1, 0.15) is 16.4 Å². The summed E-state index contributed by atoms with van der Waals surface area (Å²) < 4.78 is 7.22. The van der Waals surface area contributed by atoms with E-state index in [1.54, 1.807) is 11.8 Å². The van der Waals surface area contributed by atoms with Gasteiger partial charge in [0.15, 0.2) is 0 Å². The van der Waals surface area contributed by atoms with Gasteiger partial charge in [-0.1, -0.05) is 0 Å². The molecule has 0 saturated carbocycles. The second-order valence-electron chi connectivity index (χ2n) is 8.74. The highest BCUT2D eigenvalue weighted by Gasteiger charge is 2.45. The van der Waals surface area contributed by atoms with Crippen molar-refractivity contribution in [2.75, 3.05) is 44.0 Å². The molecule has 0 bridgehead atoms. The van der Waals surface area contributed by atoms with Crippen LogP contribution in [0, 0.1) is 5.92 Å². The Morgan fingerprint density at radius 3 is 2.84 bits per heavy atom. The van der Waals surface area contributed by atoms with Gasteiger partial charge < -0.3 is 19.9 Å². The second kappa shape index (κ2) is 7.18. The van der Waals surface area contributed by atoms with E-state index in [4.69, 9.17) is 9.72 Å². The third-order valence-electron chi connectivity index (χ3n) is 6.50. The lowest BCUT2D eigenvalue weighted by atomic mass is 9.92. The Kier molecular flexibility index (Phi) is 4.38. The molecule has 9 heteroatoms. The normalized spacial score (nSPS) is 20.5. The van der Waals surface area contributed by atoms with E-state index in [0.717, 1.165) is 45.9 Å². The summed E-state index contributed by atoms with van der Waals surface area (Å²) in [5, 5.41) is 9.33. The lowest BCUT2D eigenvalue weighted by Gasteiger charge is -2.44. The molecule has 8 nitrogen and oxygen atoms in total. The third kappa shape index (κ3) is 3.11. The number of pyridine rings is 1. The van der Waals surface area contributed by atoms with Gasteiger partial charge in [0.2, 0.25) is 0 Å². The zero-order chi connectivity index (χ0) is 22.0. The SMILES string of the molecule is COc1cc2nn(C)cc2cc1NC(=O)c1cc2ccc(N3C[C@@H]4CN(C)C[C@@H]43)nc2s1. The Hall–Kier alpha value is -3.17. The molecule has 0 spiro atoms. The van der Waals surface area contributed by atoms with Gasteiger partial charge in [-0.15, -0.1) is 11.3 Å². The molecule has 1 amide bonds. The van der Waals surface area contributed by atoms with Gasteiger partial charge in [-0.05, 0) is 31.3 Å². The van der Waals surface area contributed by atoms with Crippen LogP contribution >= 0.6 is 11.3 Å². The van der Waals surface area contributed by atoms with Crippen molar-refractivity contribution in [3.8, 4) is 5.75 Å². The molecule has 2 fully saturated rings. The van der Waals surface area contributed by atoms with Crippen LogP contribution in [-0.2, 0) is 7.05 Å². The fraction of sp³-hybridized carbons (Fsp3) is 0.348. The summed E-state index contributed by atoms with van der Waals surface area (Å²) >= 11 is 1.42. The zero-order valence-electron chi connectivity index (χ0n) is 18.2. The van der Waals surface area contributed by atoms with Crippen molar-refractivity contribution in [3.05, 3.63) is 41.4 Å². The molecule has 1 aromatic carbocycles. The van der Waals surface area contributed by atoms with E-state index in [1.165, 1.54) is 17.9 Å². The van der Waals surface area contributed by atoms with Crippen molar-refractivity contribution in [2.24, 2.45) is 13.0 Å². The van der Waals surface area contributed by atoms with Crippen molar-refractivity contribution in [1.82, 2.24) is 19.7 Å². The molecular weight excluding hydrogens is 424 g/mol. The molecule has 2 aliphatic heterocycles. The molecule has 2 aliphatic rings. The van der Waals surface area contributed by atoms with Crippen LogP contribution in [-0.4, -0.2) is 65.4 Å². The van der Waals surface area contributed by atoms with Crippen LogP contribution in [0.1, 0.15) is 9.67 Å². The number of fused-ring (bicyclic) bond motifs is 3. The Morgan fingerprint density at radius 1 is 1.16 bits per heavy atom. The molecule has 0 aliphatic carbocycles. The number of aryl methyl sites for hydroxylation is 1. The summed E-state index contributed by atoms with van der Waals surface area (Å²) in [5.74, 6) is 2.17. The number of hydrogen-bond donors (Lipinski definition) is 1. The lowest BCUT2D eigenvalue weighted by Crippen LogP contribution is -2.56. The Labute approximate surface area is 189 Å². The molecule has 4 aromatic rings. The minimum absolute atomic E-state index is 0.169. The highest BCUT2D eigenvalue weighted by molar-refractivity contribution is 7.20. The number of nitrogens with zero attached hydrogens (tertiary/aromatic N) is 5. The first kappa shape index (κ1) is 19.5. The number of carbonyl (C=O) groups excluding carboxylic acids is 1. The third-order valence-corrected chi connectivity index (χ3v) is 7.54. The van der Waals surface area contributed by atoms with Gasteiger partial charge in [-0.25, -0.2) is 4.98 Å². The molecule has 3 aromatic heterocycles. The summed E-state index contributed by atoms with van der Waals surface area (Å²) in [5.41, 5.74) is 1.45. The topological polar surface area (TPSA) is 75.5 Å². The number of ether oxygens (including phenoxy) is 1. The van der Waals surface area contributed by atoms with Crippen LogP contribution in [0.4, 0.5) is 11.5 Å². The molecule has 2 atom stereocenters. The van der Waals surface area contributed by atoms with Gasteiger partial charge in [-0.2, -0.15) is 5.10 Å². The molecule has 2 saturated heterocycles. The molecule has 6 rings (SSSR count). The fourth-order valence-corrected chi connectivity index (χ4v) is 5.84. The maximum atomic E-state index is 13.0. The van der Waals surface area contributed by atoms with Gasteiger partial charge in [0.25, 0.3) is 5.91 Å². The maximum Gasteiger partial charge on any atom is 0.265 e. The first-order valence-electron chi connectivity index (χ1n) is 10.7. The first-order chi connectivity index (χ1) is 15.5. The van der Waals surface area contributed by atoms with E-state index in [0.29, 0.717) is 22.4 Å². The number of nitrogens with one attached hydrogen (secondary N) is 1. The monoisotopic (exact) mass is 448 g/mol. The smallest absolute Gasteiger partial charge is 0.265 e. The zero-order valence-corrected chi connectivity index (χ0v) is 19.0. The highest BCUT2D eigenvalue weighted by Crippen LogP contribution is 2.37. The van der Waals surface area contributed by atoms with Crippen LogP contribution in [0.25, 0.3) is 21.1 Å². The number of thiophene rings is 1. The number of likely N-dealkylation sites (N-methyl/N-ethyl adjacent to an activating group) is 1. The van der Waals surface area contributed by atoms with Crippen molar-refractivity contribution in [3.63, 3.8) is 0 Å². The van der Waals surface area contributed by atoms with Gasteiger partial charge >= 0.3 is 0 Å². The number of benzene rings is 1. The van der Waals surface area contributed by atoms with E-state index in [2.05, 4.69) is 39.4 Å². The largest absolute Gasteiger partial charge is 0.494 e. The number of rotatable bonds is 4. The van der Waals surface area contributed by atoms with Crippen LogP contribution < -0.4 is 15.0 Å². The van der Waals surface area contributed by atoms with E-state index in [1.807, 2.05) is 31.4 Å². The average Bonchev–Trinajstić information content (AvgIpc) is 3.42. The average molecular weight is 449 g/mol. The lowest BCUT2D eigenvalue weighted by molar-refractivity contribution is 0.103. The Balaban J connectivity index is 1.26. The van der Waals surface area contributed by atoms with Gasteiger partial charge in [0.05, 0.1) is 23.2 Å². The fourth-order valence-electron chi connectivity index (χ4n) is 4.92. The van der Waals surface area contributed by atoms with E-state index >= 15 is 0 Å². The number of anilines is 2. The van der Waals surface area contributed by atoms with Crippen molar-refractivity contribution in [2.45, 2.75) is 6.04 Å². The number of likely N-dealkylation sites (tertiary alicyclic amines) is 1. The van der Waals surface area contributed by atoms with Crippen molar-refractivity contribution in [1.29, 1.82) is 0 Å². The first-order valence-corrected chi connectivity index (χ1v) is 11.5. The molecule has 164 valence electrons. The summed E-state index contributed by atoms with van der Waals surface area (Å²) in [6.45, 7) is 3.31. The summed E-state index contributed by atoms with van der Waals surface area (Å²) in [7, 11) is 5.64. The number of methoxy groups -OCH3 is 1. The van der Waals surface area contributed by atoms with Crippen LogP contribution in [0.5, 0.6) is 5.75 Å². The Bertz CT molecular complexity index is 1360. The van der Waals surface area contributed by atoms with Crippen LogP contribution in [0.2, 0.25) is 0 Å². The van der Waals surface area contributed by atoms with Crippen LogP contribution in [0.15, 0.2) is 36.5 Å². The summed E-state index contributed by atoms with van der Waals surface area (Å²) in [4.78, 5) is 24.2. The molecule has 32 heavy (non-hydrogen) atoms. The second-order valence-corrected chi connectivity index (χ2v) is 9.77.